The molecule has 0 saturated heterocycles. The minimum Gasteiger partial charge on any atom is -0.388 e. The van der Waals surface area contributed by atoms with Gasteiger partial charge in [-0.2, -0.15) is 0 Å². The lowest BCUT2D eigenvalue weighted by molar-refractivity contribution is 0.178. The van der Waals surface area contributed by atoms with Crippen molar-refractivity contribution in [1.29, 1.82) is 0 Å². The minimum atomic E-state index is -0.971. The van der Waals surface area contributed by atoms with Gasteiger partial charge in [0.2, 0.25) is 0 Å². The fourth-order valence-electron chi connectivity index (χ4n) is 1.68. The van der Waals surface area contributed by atoms with Crippen molar-refractivity contribution in [2.24, 2.45) is 0 Å². The molecule has 1 unspecified atom stereocenters. The first kappa shape index (κ1) is 12.4. The van der Waals surface area contributed by atoms with E-state index in [1.54, 1.807) is 12.1 Å². The Hall–Kier alpha value is -2.01. The lowest BCUT2D eigenvalue weighted by atomic mass is 10.0. The molecule has 0 bridgehead atoms. The molecule has 0 aliphatic carbocycles. The molecule has 0 spiro atoms. The topological polar surface area (TPSA) is 59.1 Å². The Morgan fingerprint density at radius 3 is 2.61 bits per heavy atom. The van der Waals surface area contributed by atoms with Gasteiger partial charge < -0.3 is 10.8 Å². The number of halogens is 2. The van der Waals surface area contributed by atoms with E-state index in [4.69, 9.17) is 5.73 Å². The molecule has 2 aromatic rings. The number of nitrogens with zero attached hydrogens (tertiary/aromatic N) is 1. The summed E-state index contributed by atoms with van der Waals surface area (Å²) >= 11 is 0. The van der Waals surface area contributed by atoms with Gasteiger partial charge in [0.15, 0.2) is 11.6 Å². The van der Waals surface area contributed by atoms with E-state index in [1.807, 2.05) is 0 Å². The Kier molecular flexibility index (Phi) is 3.53. The van der Waals surface area contributed by atoms with Crippen LogP contribution in [0.2, 0.25) is 0 Å². The normalized spacial score (nSPS) is 12.4. The second kappa shape index (κ2) is 5.10. The quantitative estimate of drug-likeness (QED) is 0.878. The van der Waals surface area contributed by atoms with Gasteiger partial charge in [0, 0.05) is 12.6 Å². The Morgan fingerprint density at radius 2 is 1.94 bits per heavy atom. The zero-order chi connectivity index (χ0) is 13.1. The lowest BCUT2D eigenvalue weighted by Crippen LogP contribution is -2.04. The molecule has 0 radical (unpaired) electrons. The monoisotopic (exact) mass is 250 g/mol. The first-order valence-electron chi connectivity index (χ1n) is 5.39. The average Bonchev–Trinajstić information content (AvgIpc) is 2.32. The molecule has 2 rings (SSSR count). The van der Waals surface area contributed by atoms with Crippen molar-refractivity contribution in [3.05, 3.63) is 59.3 Å². The van der Waals surface area contributed by atoms with Crippen molar-refractivity contribution in [2.75, 3.05) is 5.73 Å². The molecule has 1 heterocycles. The van der Waals surface area contributed by atoms with Crippen LogP contribution in [-0.4, -0.2) is 10.1 Å². The fraction of sp³-hybridized carbons (Fsp3) is 0.154. The molecule has 0 saturated carbocycles. The summed E-state index contributed by atoms with van der Waals surface area (Å²) in [6.07, 6.45) is 0.877. The number of aliphatic hydroxyl groups is 1. The summed E-state index contributed by atoms with van der Waals surface area (Å²) in [7, 11) is 0. The summed E-state index contributed by atoms with van der Waals surface area (Å²) in [5.41, 5.74) is 6.62. The van der Waals surface area contributed by atoms with E-state index in [-0.39, 0.29) is 6.42 Å². The number of rotatable bonds is 3. The van der Waals surface area contributed by atoms with Crippen LogP contribution in [0.1, 0.15) is 17.2 Å². The van der Waals surface area contributed by atoms with Crippen LogP contribution in [0.4, 0.5) is 14.6 Å². The van der Waals surface area contributed by atoms with Gasteiger partial charge in [-0.1, -0.05) is 6.07 Å². The maximum Gasteiger partial charge on any atom is 0.159 e. The molecule has 0 fully saturated rings. The maximum absolute atomic E-state index is 13.0. The highest BCUT2D eigenvalue weighted by Crippen LogP contribution is 2.20. The maximum atomic E-state index is 13.0. The standard InChI is InChI=1S/C13H12F2N2O/c14-10-2-1-9(7-11(10)15)12(18)5-8-3-4-17-13(16)6-8/h1-4,6-7,12,18H,5H2,(H2,16,17). The molecule has 1 aromatic carbocycles. The van der Waals surface area contributed by atoms with Crippen LogP contribution in [0.5, 0.6) is 0 Å². The third-order valence-corrected chi connectivity index (χ3v) is 2.60. The van der Waals surface area contributed by atoms with Crippen molar-refractivity contribution < 1.29 is 13.9 Å². The van der Waals surface area contributed by atoms with Gasteiger partial charge in [-0.3, -0.25) is 0 Å². The number of nitrogens with two attached hydrogens (primary N) is 1. The van der Waals surface area contributed by atoms with E-state index in [1.165, 1.54) is 12.3 Å². The number of hydrogen-bond donors (Lipinski definition) is 2. The van der Waals surface area contributed by atoms with Crippen molar-refractivity contribution in [1.82, 2.24) is 4.98 Å². The van der Waals surface area contributed by atoms with E-state index in [0.29, 0.717) is 11.4 Å². The van der Waals surface area contributed by atoms with Crippen molar-refractivity contribution in [2.45, 2.75) is 12.5 Å². The first-order valence-corrected chi connectivity index (χ1v) is 5.39. The molecule has 0 aliphatic rings. The number of benzene rings is 1. The summed E-state index contributed by atoms with van der Waals surface area (Å²) in [5, 5.41) is 9.93. The second-order valence-electron chi connectivity index (χ2n) is 3.98. The van der Waals surface area contributed by atoms with Gasteiger partial charge in [0.1, 0.15) is 5.82 Å². The molecule has 1 aromatic heterocycles. The highest BCUT2D eigenvalue weighted by atomic mass is 19.2. The molecular weight excluding hydrogens is 238 g/mol. The van der Waals surface area contributed by atoms with Crippen molar-refractivity contribution >= 4 is 5.82 Å². The summed E-state index contributed by atoms with van der Waals surface area (Å²) < 4.78 is 25.8. The molecule has 18 heavy (non-hydrogen) atoms. The molecule has 3 nitrogen and oxygen atoms in total. The average molecular weight is 250 g/mol. The van der Waals surface area contributed by atoms with E-state index in [2.05, 4.69) is 4.98 Å². The molecular formula is C13H12F2N2O. The number of aromatic nitrogens is 1. The largest absolute Gasteiger partial charge is 0.388 e. The van der Waals surface area contributed by atoms with E-state index >= 15 is 0 Å². The van der Waals surface area contributed by atoms with Gasteiger partial charge in [-0.25, -0.2) is 13.8 Å². The zero-order valence-corrected chi connectivity index (χ0v) is 9.48. The number of aliphatic hydroxyl groups excluding tert-OH is 1. The van der Waals surface area contributed by atoms with Crippen LogP contribution in [0.15, 0.2) is 36.5 Å². The van der Waals surface area contributed by atoms with Gasteiger partial charge in [-0.15, -0.1) is 0 Å². The van der Waals surface area contributed by atoms with Crippen LogP contribution < -0.4 is 5.73 Å². The van der Waals surface area contributed by atoms with Crippen LogP contribution in [0, 0.1) is 11.6 Å². The number of nitrogen functional groups attached to an aromatic ring is 1. The van der Waals surface area contributed by atoms with Crippen molar-refractivity contribution in [3.8, 4) is 0 Å². The van der Waals surface area contributed by atoms with Crippen molar-refractivity contribution in [3.63, 3.8) is 0 Å². The molecule has 1 atom stereocenters. The zero-order valence-electron chi connectivity index (χ0n) is 9.48. The Balaban J connectivity index is 2.16. The molecule has 0 amide bonds. The summed E-state index contributed by atoms with van der Waals surface area (Å²) in [6.45, 7) is 0. The third kappa shape index (κ3) is 2.81. The van der Waals surface area contributed by atoms with E-state index < -0.39 is 17.7 Å². The van der Waals surface area contributed by atoms with E-state index in [9.17, 15) is 13.9 Å². The summed E-state index contributed by atoms with van der Waals surface area (Å²) in [4.78, 5) is 3.83. The first-order chi connectivity index (χ1) is 8.56. The van der Waals surface area contributed by atoms with E-state index in [0.717, 1.165) is 17.7 Å². The van der Waals surface area contributed by atoms with Gasteiger partial charge in [0.25, 0.3) is 0 Å². The fourth-order valence-corrected chi connectivity index (χ4v) is 1.68. The number of pyridine rings is 1. The predicted octanol–water partition coefficient (Wildman–Crippen LogP) is 2.22. The third-order valence-electron chi connectivity index (χ3n) is 2.60. The molecule has 94 valence electrons. The second-order valence-corrected chi connectivity index (χ2v) is 3.98. The van der Waals surface area contributed by atoms with Crippen LogP contribution in [-0.2, 0) is 6.42 Å². The molecule has 3 N–H and O–H groups in total. The smallest absolute Gasteiger partial charge is 0.159 e. The number of hydrogen-bond acceptors (Lipinski definition) is 3. The van der Waals surface area contributed by atoms with Gasteiger partial charge in [0.05, 0.1) is 6.10 Å². The minimum absolute atomic E-state index is 0.262. The Labute approximate surface area is 103 Å². The lowest BCUT2D eigenvalue weighted by Gasteiger charge is -2.11. The highest BCUT2D eigenvalue weighted by molar-refractivity contribution is 5.33. The Bertz CT molecular complexity index is 560. The Morgan fingerprint density at radius 1 is 1.17 bits per heavy atom. The summed E-state index contributed by atoms with van der Waals surface area (Å²) in [6, 6.07) is 6.68. The molecule has 0 aliphatic heterocycles. The SMILES string of the molecule is Nc1cc(CC(O)c2ccc(F)c(F)c2)ccn1. The van der Waals surface area contributed by atoms with Gasteiger partial charge >= 0.3 is 0 Å². The molecule has 5 heteroatoms. The van der Waals surface area contributed by atoms with Gasteiger partial charge in [-0.05, 0) is 35.4 Å². The van der Waals surface area contributed by atoms with Crippen LogP contribution in [0.3, 0.4) is 0 Å². The predicted molar refractivity (Wildman–Crippen MR) is 63.7 cm³/mol. The van der Waals surface area contributed by atoms with Crippen LogP contribution >= 0.6 is 0 Å². The highest BCUT2D eigenvalue weighted by Gasteiger charge is 2.11. The van der Waals surface area contributed by atoms with Crippen LogP contribution in [0.25, 0.3) is 0 Å². The number of anilines is 1. The summed E-state index contributed by atoms with van der Waals surface area (Å²) in [5.74, 6) is -1.55.